The van der Waals surface area contributed by atoms with Gasteiger partial charge in [-0.25, -0.2) is 15.0 Å². The number of aromatic nitrogens is 6. The number of rotatable bonds is 6. The summed E-state index contributed by atoms with van der Waals surface area (Å²) in [5.41, 5.74) is 2.95. The number of nitrogens with one attached hydrogen (secondary N) is 2. The Morgan fingerprint density at radius 2 is 1.79 bits per heavy atom. The second kappa shape index (κ2) is 7.96. The third-order valence-corrected chi connectivity index (χ3v) is 4.38. The Balaban J connectivity index is 1.74. The lowest BCUT2D eigenvalue weighted by Gasteiger charge is -2.18. The smallest absolute Gasteiger partial charge is 0.177 e. The Kier molecular flexibility index (Phi) is 5.05. The highest BCUT2D eigenvalue weighted by atomic mass is 15.2. The summed E-state index contributed by atoms with van der Waals surface area (Å²) >= 11 is 0. The van der Waals surface area contributed by atoms with Crippen molar-refractivity contribution < 1.29 is 0 Å². The van der Waals surface area contributed by atoms with E-state index in [1.54, 1.807) is 12.4 Å². The van der Waals surface area contributed by atoms with E-state index in [0.29, 0.717) is 11.6 Å². The lowest BCUT2D eigenvalue weighted by Crippen LogP contribution is -2.16. The third kappa shape index (κ3) is 3.88. The molecule has 0 bridgehead atoms. The van der Waals surface area contributed by atoms with Crippen LogP contribution in [0.15, 0.2) is 60.9 Å². The molecular weight excluding hydrogens is 350 g/mol. The minimum Gasteiger partial charge on any atom is -0.356 e. The summed E-state index contributed by atoms with van der Waals surface area (Å²) in [6, 6.07) is 15.7. The molecule has 0 saturated carbocycles. The van der Waals surface area contributed by atoms with Gasteiger partial charge >= 0.3 is 0 Å². The largest absolute Gasteiger partial charge is 0.356 e. The fourth-order valence-electron chi connectivity index (χ4n) is 2.96. The minimum atomic E-state index is -0.226. The quantitative estimate of drug-likeness (QED) is 0.536. The molecule has 3 aromatic heterocycles. The van der Waals surface area contributed by atoms with Crippen LogP contribution in [-0.2, 0) is 6.42 Å². The van der Waals surface area contributed by atoms with Gasteiger partial charge in [-0.15, -0.1) is 0 Å². The fraction of sp³-hybridized carbons (Fsp3) is 0.190. The highest BCUT2D eigenvalue weighted by Gasteiger charge is 2.20. The molecule has 0 saturated heterocycles. The van der Waals surface area contributed by atoms with E-state index in [0.717, 1.165) is 34.9 Å². The summed E-state index contributed by atoms with van der Waals surface area (Å²) in [5.74, 6) is 2.84. The Hall–Kier alpha value is -3.61. The van der Waals surface area contributed by atoms with E-state index in [4.69, 9.17) is 4.98 Å². The van der Waals surface area contributed by atoms with Crippen molar-refractivity contribution in [3.8, 4) is 11.4 Å². The topological polar surface area (TPSA) is 92.3 Å². The first-order valence-corrected chi connectivity index (χ1v) is 9.21. The van der Waals surface area contributed by atoms with Crippen LogP contribution < -0.4 is 5.32 Å². The molecule has 7 nitrogen and oxygen atoms in total. The van der Waals surface area contributed by atoms with Gasteiger partial charge in [0.1, 0.15) is 17.7 Å². The predicted molar refractivity (Wildman–Crippen MR) is 108 cm³/mol. The fourth-order valence-corrected chi connectivity index (χ4v) is 2.96. The Labute approximate surface area is 163 Å². The maximum atomic E-state index is 4.73. The predicted octanol–water partition coefficient (Wildman–Crippen LogP) is 3.73. The van der Waals surface area contributed by atoms with Crippen LogP contribution in [0.4, 0.5) is 5.82 Å². The number of benzene rings is 1. The number of pyridine rings is 1. The molecule has 0 amide bonds. The number of aromatic amines is 1. The molecule has 7 heteroatoms. The van der Waals surface area contributed by atoms with Crippen LogP contribution >= 0.6 is 0 Å². The summed E-state index contributed by atoms with van der Waals surface area (Å²) < 4.78 is 0. The summed E-state index contributed by atoms with van der Waals surface area (Å²) in [6.07, 6.45) is 4.30. The lowest BCUT2D eigenvalue weighted by molar-refractivity contribution is 0.827. The van der Waals surface area contributed by atoms with Crippen LogP contribution in [0.2, 0.25) is 0 Å². The molecule has 0 aliphatic heterocycles. The molecule has 4 aromatic rings. The van der Waals surface area contributed by atoms with Gasteiger partial charge in [-0.2, -0.15) is 5.10 Å². The number of nitrogens with zero attached hydrogens (tertiary/aromatic N) is 5. The molecule has 0 aliphatic carbocycles. The van der Waals surface area contributed by atoms with Crippen molar-refractivity contribution in [2.24, 2.45) is 0 Å². The van der Waals surface area contributed by atoms with Crippen molar-refractivity contribution in [3.05, 3.63) is 83.8 Å². The van der Waals surface area contributed by atoms with E-state index in [2.05, 4.69) is 49.5 Å². The zero-order chi connectivity index (χ0) is 19.3. The first-order chi connectivity index (χ1) is 13.7. The van der Waals surface area contributed by atoms with E-state index in [-0.39, 0.29) is 6.04 Å². The number of anilines is 1. The first kappa shape index (κ1) is 17.8. The second-order valence-electron chi connectivity index (χ2n) is 6.42. The zero-order valence-corrected chi connectivity index (χ0v) is 15.8. The number of H-pyrrole nitrogens is 1. The van der Waals surface area contributed by atoms with Crippen molar-refractivity contribution in [1.82, 2.24) is 30.1 Å². The molecule has 28 heavy (non-hydrogen) atoms. The Morgan fingerprint density at radius 1 is 1.00 bits per heavy atom. The van der Waals surface area contributed by atoms with Gasteiger partial charge in [0.2, 0.25) is 0 Å². The number of hydrogen-bond donors (Lipinski definition) is 2. The SMILES string of the molecule is CCc1cc(NC(c2ccccc2)c2n[nH]c(C)n2)nc(-c2ccncc2)n1. The van der Waals surface area contributed by atoms with Gasteiger partial charge in [-0.1, -0.05) is 37.3 Å². The third-order valence-electron chi connectivity index (χ3n) is 4.38. The molecule has 4 rings (SSSR count). The van der Waals surface area contributed by atoms with Crippen molar-refractivity contribution in [2.45, 2.75) is 26.3 Å². The van der Waals surface area contributed by atoms with Crippen molar-refractivity contribution in [1.29, 1.82) is 0 Å². The average Bonchev–Trinajstić information content (AvgIpc) is 3.19. The molecule has 0 spiro atoms. The molecule has 0 radical (unpaired) electrons. The van der Waals surface area contributed by atoms with Crippen molar-refractivity contribution in [3.63, 3.8) is 0 Å². The highest BCUT2D eigenvalue weighted by Crippen LogP contribution is 2.25. The van der Waals surface area contributed by atoms with Crippen LogP contribution in [0.3, 0.4) is 0 Å². The normalized spacial score (nSPS) is 11.9. The van der Waals surface area contributed by atoms with Gasteiger partial charge in [0.05, 0.1) is 0 Å². The minimum absolute atomic E-state index is 0.226. The van der Waals surface area contributed by atoms with Crippen LogP contribution in [0.25, 0.3) is 11.4 Å². The van der Waals surface area contributed by atoms with Crippen LogP contribution in [0.1, 0.15) is 35.9 Å². The molecule has 2 N–H and O–H groups in total. The van der Waals surface area contributed by atoms with Crippen LogP contribution in [0, 0.1) is 6.92 Å². The van der Waals surface area contributed by atoms with Gasteiger partial charge in [0.15, 0.2) is 11.6 Å². The summed E-state index contributed by atoms with van der Waals surface area (Å²) in [4.78, 5) is 18.0. The molecule has 0 fully saturated rings. The first-order valence-electron chi connectivity index (χ1n) is 9.21. The van der Waals surface area contributed by atoms with Gasteiger partial charge in [0, 0.05) is 29.7 Å². The molecule has 3 heterocycles. The van der Waals surface area contributed by atoms with E-state index in [1.807, 2.05) is 43.3 Å². The lowest BCUT2D eigenvalue weighted by atomic mass is 10.1. The van der Waals surface area contributed by atoms with E-state index in [1.165, 1.54) is 0 Å². The van der Waals surface area contributed by atoms with E-state index in [9.17, 15) is 0 Å². The van der Waals surface area contributed by atoms with Gasteiger partial charge in [-0.3, -0.25) is 10.1 Å². The summed E-state index contributed by atoms with van der Waals surface area (Å²) in [5, 5.41) is 10.8. The molecular formula is C21H21N7. The van der Waals surface area contributed by atoms with Gasteiger partial charge in [-0.05, 0) is 31.0 Å². The molecule has 1 unspecified atom stereocenters. The van der Waals surface area contributed by atoms with E-state index < -0.39 is 0 Å². The van der Waals surface area contributed by atoms with Gasteiger partial charge < -0.3 is 5.32 Å². The molecule has 140 valence electrons. The standard InChI is InChI=1S/C21H21N7/c1-3-17-13-18(26-20(24-17)16-9-11-22-12-10-16)25-19(15-7-5-4-6-8-15)21-23-14(2)27-28-21/h4-13,19H,3H2,1-2H3,(H,23,27,28)(H,24,25,26). The monoisotopic (exact) mass is 371 g/mol. The number of hydrogen-bond acceptors (Lipinski definition) is 6. The summed E-state index contributed by atoms with van der Waals surface area (Å²) in [6.45, 7) is 3.97. The van der Waals surface area contributed by atoms with Gasteiger partial charge in [0.25, 0.3) is 0 Å². The van der Waals surface area contributed by atoms with Crippen LogP contribution in [0.5, 0.6) is 0 Å². The summed E-state index contributed by atoms with van der Waals surface area (Å²) in [7, 11) is 0. The van der Waals surface area contributed by atoms with Crippen molar-refractivity contribution >= 4 is 5.82 Å². The Morgan fingerprint density at radius 3 is 2.46 bits per heavy atom. The molecule has 1 aromatic carbocycles. The molecule has 0 aliphatic rings. The highest BCUT2D eigenvalue weighted by molar-refractivity contribution is 5.57. The maximum absolute atomic E-state index is 4.73. The van der Waals surface area contributed by atoms with E-state index >= 15 is 0 Å². The zero-order valence-electron chi connectivity index (χ0n) is 15.8. The van der Waals surface area contributed by atoms with Crippen LogP contribution in [-0.4, -0.2) is 30.1 Å². The molecule has 1 atom stereocenters. The maximum Gasteiger partial charge on any atom is 0.177 e. The van der Waals surface area contributed by atoms with Crippen molar-refractivity contribution in [2.75, 3.05) is 5.32 Å². The Bertz CT molecular complexity index is 1040. The number of aryl methyl sites for hydroxylation is 2. The second-order valence-corrected chi connectivity index (χ2v) is 6.42. The average molecular weight is 371 g/mol.